The average molecular weight is 166 g/mol. The van der Waals surface area contributed by atoms with Crippen molar-refractivity contribution in [2.24, 2.45) is 0 Å². The van der Waals surface area contributed by atoms with Crippen LogP contribution in [0.25, 0.3) is 0 Å². The van der Waals surface area contributed by atoms with Crippen LogP contribution in [0.5, 0.6) is 0 Å². The van der Waals surface area contributed by atoms with Crippen molar-refractivity contribution in [3.05, 3.63) is 0 Å². The molecule has 3 nitrogen and oxygen atoms in total. The smallest absolute Gasteiger partial charge is 0.165 e. The van der Waals surface area contributed by atoms with Crippen LogP contribution in [0.2, 0.25) is 0 Å². The number of nitrogens with zero attached hydrogens (tertiary/aromatic N) is 2. The number of aliphatic hydroxyl groups is 1. The number of hydrogen-bond acceptors (Lipinski definition) is 3. The van der Waals surface area contributed by atoms with Crippen LogP contribution in [-0.2, 0) is 0 Å². The van der Waals surface area contributed by atoms with Gasteiger partial charge in [-0.25, -0.2) is 0 Å². The lowest BCUT2D eigenvalue weighted by Crippen LogP contribution is -2.33. The molecule has 1 N–H and O–H groups in total. The molecule has 66 valence electrons. The second kappa shape index (κ2) is 2.45. The van der Waals surface area contributed by atoms with Gasteiger partial charge >= 0.3 is 0 Å². The Labute approximate surface area is 72.6 Å². The summed E-state index contributed by atoms with van der Waals surface area (Å²) >= 11 is 0. The molecule has 2 rings (SSSR count). The highest BCUT2D eigenvalue weighted by atomic mass is 16.3. The van der Waals surface area contributed by atoms with Crippen LogP contribution in [0.4, 0.5) is 0 Å². The lowest BCUT2D eigenvalue weighted by molar-refractivity contribution is 0.105. The number of likely N-dealkylation sites (tertiary alicyclic amines) is 1. The van der Waals surface area contributed by atoms with Gasteiger partial charge in [0.15, 0.2) is 5.60 Å². The third-order valence-electron chi connectivity index (χ3n) is 2.87. The Hall–Kier alpha value is -0.590. The van der Waals surface area contributed by atoms with Crippen molar-refractivity contribution >= 4 is 0 Å². The van der Waals surface area contributed by atoms with Crippen molar-refractivity contribution in [1.82, 2.24) is 4.90 Å². The van der Waals surface area contributed by atoms with Gasteiger partial charge < -0.3 is 5.11 Å². The molecule has 0 bridgehead atoms. The Bertz CT molecular complexity index is 231. The second-order valence-corrected chi connectivity index (χ2v) is 4.10. The van der Waals surface area contributed by atoms with E-state index in [0.29, 0.717) is 25.0 Å². The quantitative estimate of drug-likeness (QED) is 0.577. The third-order valence-corrected chi connectivity index (χ3v) is 2.87. The maximum atomic E-state index is 9.71. The van der Waals surface area contributed by atoms with Crippen LogP contribution in [0.1, 0.15) is 26.2 Å². The minimum Gasteiger partial charge on any atom is -0.374 e. The molecule has 0 radical (unpaired) electrons. The molecule has 1 saturated heterocycles. The Morgan fingerprint density at radius 2 is 2.25 bits per heavy atom. The van der Waals surface area contributed by atoms with Crippen LogP contribution >= 0.6 is 0 Å². The van der Waals surface area contributed by atoms with Gasteiger partial charge in [-0.2, -0.15) is 5.26 Å². The summed E-state index contributed by atoms with van der Waals surface area (Å²) in [6.07, 6.45) is 3.09. The second-order valence-electron chi connectivity index (χ2n) is 4.10. The van der Waals surface area contributed by atoms with Crippen LogP contribution < -0.4 is 0 Å². The van der Waals surface area contributed by atoms with Gasteiger partial charge in [0.25, 0.3) is 0 Å². The molecule has 2 atom stereocenters. The van der Waals surface area contributed by atoms with E-state index in [1.165, 1.54) is 12.8 Å². The van der Waals surface area contributed by atoms with Crippen LogP contribution in [0.15, 0.2) is 0 Å². The molecular formula is C9H14N2O. The SMILES string of the molecule is CC1CC(O)(C#N)CN1C1CC1. The van der Waals surface area contributed by atoms with E-state index in [1.807, 2.05) is 6.07 Å². The summed E-state index contributed by atoms with van der Waals surface area (Å²) < 4.78 is 0. The summed E-state index contributed by atoms with van der Waals surface area (Å²) in [6, 6.07) is 3.03. The Kier molecular flexibility index (Phi) is 1.64. The number of β-amino-alcohol motifs (C(OH)–C–C–N with tert-alkyl or cyclic N) is 1. The molecule has 1 saturated carbocycles. The summed E-state index contributed by atoms with van der Waals surface area (Å²) in [6.45, 7) is 2.64. The lowest BCUT2D eigenvalue weighted by Gasteiger charge is -2.19. The third kappa shape index (κ3) is 1.21. The van der Waals surface area contributed by atoms with E-state index < -0.39 is 5.60 Å². The van der Waals surface area contributed by atoms with Crippen molar-refractivity contribution in [1.29, 1.82) is 5.26 Å². The molecule has 1 heterocycles. The highest BCUT2D eigenvalue weighted by molar-refractivity contribution is 5.11. The van der Waals surface area contributed by atoms with Gasteiger partial charge in [0, 0.05) is 25.0 Å². The Balaban J connectivity index is 2.07. The van der Waals surface area contributed by atoms with Gasteiger partial charge in [-0.1, -0.05) is 0 Å². The normalized spacial score (nSPS) is 42.9. The number of hydrogen-bond donors (Lipinski definition) is 1. The van der Waals surface area contributed by atoms with Crippen molar-refractivity contribution in [2.45, 2.75) is 43.9 Å². The molecule has 2 aliphatic rings. The van der Waals surface area contributed by atoms with E-state index in [2.05, 4.69) is 11.8 Å². The highest BCUT2D eigenvalue weighted by Gasteiger charge is 2.46. The predicted molar refractivity (Wildman–Crippen MR) is 44.4 cm³/mol. The van der Waals surface area contributed by atoms with Crippen LogP contribution in [0, 0.1) is 11.3 Å². The fraction of sp³-hybridized carbons (Fsp3) is 0.889. The molecule has 2 fully saturated rings. The van der Waals surface area contributed by atoms with Gasteiger partial charge in [-0.15, -0.1) is 0 Å². The van der Waals surface area contributed by atoms with Crippen molar-refractivity contribution in [2.75, 3.05) is 6.54 Å². The standard InChI is InChI=1S/C9H14N2O/c1-7-4-9(12,5-10)6-11(7)8-2-3-8/h7-8,12H,2-4,6H2,1H3. The Morgan fingerprint density at radius 3 is 2.67 bits per heavy atom. The van der Waals surface area contributed by atoms with E-state index in [-0.39, 0.29) is 0 Å². The maximum Gasteiger partial charge on any atom is 0.165 e. The van der Waals surface area contributed by atoms with Crippen LogP contribution in [-0.4, -0.2) is 34.2 Å². The summed E-state index contributed by atoms with van der Waals surface area (Å²) in [5.74, 6) is 0. The maximum absolute atomic E-state index is 9.71. The van der Waals surface area contributed by atoms with Crippen molar-refractivity contribution < 1.29 is 5.11 Å². The first-order chi connectivity index (χ1) is 5.64. The summed E-state index contributed by atoms with van der Waals surface area (Å²) in [5.41, 5.74) is -1.07. The zero-order valence-corrected chi connectivity index (χ0v) is 7.32. The molecule has 0 amide bonds. The van der Waals surface area contributed by atoms with Gasteiger partial charge in [-0.3, -0.25) is 4.90 Å². The minimum atomic E-state index is -1.07. The molecule has 3 heteroatoms. The summed E-state index contributed by atoms with van der Waals surface area (Å²) in [4.78, 5) is 2.27. The molecule has 0 aromatic carbocycles. The minimum absolute atomic E-state index is 0.377. The van der Waals surface area contributed by atoms with Crippen molar-refractivity contribution in [3.63, 3.8) is 0 Å². The molecule has 0 aromatic rings. The largest absolute Gasteiger partial charge is 0.374 e. The van der Waals surface area contributed by atoms with Gasteiger partial charge in [-0.05, 0) is 19.8 Å². The van der Waals surface area contributed by atoms with E-state index in [4.69, 9.17) is 5.26 Å². The highest BCUT2D eigenvalue weighted by Crippen LogP contribution is 2.36. The fourth-order valence-corrected chi connectivity index (χ4v) is 2.10. The van der Waals surface area contributed by atoms with Crippen molar-refractivity contribution in [3.8, 4) is 6.07 Å². The molecule has 1 aliphatic heterocycles. The van der Waals surface area contributed by atoms with Gasteiger partial charge in [0.2, 0.25) is 0 Å². The zero-order valence-electron chi connectivity index (χ0n) is 7.32. The zero-order chi connectivity index (χ0) is 8.77. The number of rotatable bonds is 1. The molecule has 12 heavy (non-hydrogen) atoms. The lowest BCUT2D eigenvalue weighted by atomic mass is 10.0. The molecule has 0 spiro atoms. The van der Waals surface area contributed by atoms with Gasteiger partial charge in [0.05, 0.1) is 6.07 Å². The fourth-order valence-electron chi connectivity index (χ4n) is 2.10. The van der Waals surface area contributed by atoms with E-state index in [1.54, 1.807) is 0 Å². The van der Waals surface area contributed by atoms with E-state index in [0.717, 1.165) is 0 Å². The average Bonchev–Trinajstić information content (AvgIpc) is 2.80. The summed E-state index contributed by atoms with van der Waals surface area (Å²) in [7, 11) is 0. The topological polar surface area (TPSA) is 47.3 Å². The monoisotopic (exact) mass is 166 g/mol. The first-order valence-electron chi connectivity index (χ1n) is 4.54. The first kappa shape index (κ1) is 8.03. The molecular weight excluding hydrogens is 152 g/mol. The summed E-state index contributed by atoms with van der Waals surface area (Å²) in [5, 5.41) is 18.5. The predicted octanol–water partition coefficient (Wildman–Crippen LogP) is 0.498. The van der Waals surface area contributed by atoms with Gasteiger partial charge in [0.1, 0.15) is 0 Å². The molecule has 2 unspecified atom stereocenters. The Morgan fingerprint density at radius 1 is 1.58 bits per heavy atom. The van der Waals surface area contributed by atoms with Crippen LogP contribution in [0.3, 0.4) is 0 Å². The first-order valence-corrected chi connectivity index (χ1v) is 4.54. The molecule has 0 aromatic heterocycles. The molecule has 1 aliphatic carbocycles. The van der Waals surface area contributed by atoms with E-state index >= 15 is 0 Å². The number of nitriles is 1. The van der Waals surface area contributed by atoms with E-state index in [9.17, 15) is 5.11 Å².